The lowest BCUT2D eigenvalue weighted by Crippen LogP contribution is -2.47. The monoisotopic (exact) mass is 433 g/mol. The highest BCUT2D eigenvalue weighted by atomic mass is 32.1. The van der Waals surface area contributed by atoms with Gasteiger partial charge in [-0.3, -0.25) is 9.59 Å². The first-order valence-electron chi connectivity index (χ1n) is 11.0. The van der Waals surface area contributed by atoms with Crippen LogP contribution in [0.3, 0.4) is 0 Å². The number of carbonyl (C=O) groups excluding carboxylic acids is 3. The van der Waals surface area contributed by atoms with Crippen LogP contribution in [0.15, 0.2) is 0 Å². The van der Waals surface area contributed by atoms with E-state index in [4.69, 9.17) is 9.47 Å². The zero-order valence-electron chi connectivity index (χ0n) is 18.0. The van der Waals surface area contributed by atoms with Gasteiger partial charge in [0.2, 0.25) is 0 Å². The highest BCUT2D eigenvalue weighted by Crippen LogP contribution is 2.61. The van der Waals surface area contributed by atoms with Crippen LogP contribution in [-0.2, 0) is 19.1 Å². The molecule has 6 nitrogen and oxygen atoms in total. The highest BCUT2D eigenvalue weighted by molar-refractivity contribution is 7.16. The lowest BCUT2D eigenvalue weighted by Gasteiger charge is -2.56. The van der Waals surface area contributed by atoms with Crippen molar-refractivity contribution in [2.24, 2.45) is 23.2 Å². The molecule has 4 saturated carbocycles. The molecule has 0 unspecified atom stereocenters. The van der Waals surface area contributed by atoms with Crippen LogP contribution in [0.5, 0.6) is 0 Å². The van der Waals surface area contributed by atoms with Crippen LogP contribution in [-0.4, -0.2) is 31.1 Å². The lowest BCUT2D eigenvalue weighted by atomic mass is 9.49. The second kappa shape index (κ2) is 8.33. The standard InChI is InChI=1S/C23H31NO5S/c1-4-28-22(27)20-13(2)14(3)30-21(20)24-18(25)12-29-19(26)11-23-8-15-5-16(9-23)7-17(6-15)10-23/h15-17H,4-12H2,1-3H3,(H,24,25). The van der Waals surface area contributed by atoms with Crippen LogP contribution in [0.4, 0.5) is 5.00 Å². The number of carbonyl (C=O) groups is 3. The van der Waals surface area contributed by atoms with E-state index in [1.165, 1.54) is 30.6 Å². The maximum atomic E-state index is 12.5. The average Bonchev–Trinajstić information content (AvgIpc) is 2.92. The molecule has 1 aromatic heterocycles. The Bertz CT molecular complexity index is 823. The van der Waals surface area contributed by atoms with Crippen LogP contribution < -0.4 is 5.32 Å². The van der Waals surface area contributed by atoms with E-state index in [9.17, 15) is 14.4 Å². The molecule has 1 heterocycles. The third-order valence-corrected chi connectivity index (χ3v) is 8.29. The summed E-state index contributed by atoms with van der Waals surface area (Å²) in [6.45, 7) is 5.41. The molecule has 0 atom stereocenters. The molecule has 0 aliphatic heterocycles. The first kappa shape index (κ1) is 21.3. The number of esters is 2. The molecular weight excluding hydrogens is 402 g/mol. The number of ether oxygens (including phenoxy) is 2. The summed E-state index contributed by atoms with van der Waals surface area (Å²) < 4.78 is 10.4. The first-order chi connectivity index (χ1) is 14.3. The van der Waals surface area contributed by atoms with Gasteiger partial charge in [-0.15, -0.1) is 11.3 Å². The van der Waals surface area contributed by atoms with E-state index >= 15 is 0 Å². The summed E-state index contributed by atoms with van der Waals surface area (Å²) in [6.07, 6.45) is 7.83. The van der Waals surface area contributed by atoms with Crippen molar-refractivity contribution in [2.75, 3.05) is 18.5 Å². The van der Waals surface area contributed by atoms with Crippen LogP contribution in [0, 0.1) is 37.0 Å². The predicted molar refractivity (Wildman–Crippen MR) is 115 cm³/mol. The second-order valence-corrected chi connectivity index (χ2v) is 10.7. The molecule has 1 amide bonds. The Morgan fingerprint density at radius 3 is 2.20 bits per heavy atom. The third-order valence-electron chi connectivity index (χ3n) is 7.17. The number of anilines is 1. The molecule has 0 spiro atoms. The summed E-state index contributed by atoms with van der Waals surface area (Å²) >= 11 is 1.33. The fourth-order valence-electron chi connectivity index (χ4n) is 6.34. The molecule has 0 saturated heterocycles. The summed E-state index contributed by atoms with van der Waals surface area (Å²) in [7, 11) is 0. The van der Waals surface area contributed by atoms with E-state index in [1.807, 2.05) is 13.8 Å². The molecule has 1 aromatic rings. The van der Waals surface area contributed by atoms with Gasteiger partial charge in [0, 0.05) is 4.88 Å². The Morgan fingerprint density at radius 1 is 1.03 bits per heavy atom. The Balaban J connectivity index is 1.32. The molecule has 4 bridgehead atoms. The van der Waals surface area contributed by atoms with Crippen LogP contribution in [0.1, 0.15) is 72.7 Å². The molecule has 5 rings (SSSR count). The van der Waals surface area contributed by atoms with Crippen molar-refractivity contribution in [3.63, 3.8) is 0 Å². The van der Waals surface area contributed by atoms with Crippen LogP contribution in [0.2, 0.25) is 0 Å². The minimum absolute atomic E-state index is 0.0986. The molecule has 0 radical (unpaired) electrons. The van der Waals surface area contributed by atoms with Gasteiger partial charge in [0.1, 0.15) is 5.00 Å². The SMILES string of the molecule is CCOC(=O)c1c(NC(=O)COC(=O)CC23CC4CC(CC(C4)C2)C3)sc(C)c1C. The van der Waals surface area contributed by atoms with Gasteiger partial charge in [-0.1, -0.05) is 0 Å². The molecule has 164 valence electrons. The number of hydrogen-bond donors (Lipinski definition) is 1. The van der Waals surface area contributed by atoms with Crippen molar-refractivity contribution >= 4 is 34.2 Å². The van der Waals surface area contributed by atoms with Gasteiger partial charge >= 0.3 is 11.9 Å². The first-order valence-corrected chi connectivity index (χ1v) is 11.8. The highest BCUT2D eigenvalue weighted by Gasteiger charge is 2.51. The Morgan fingerprint density at radius 2 is 1.63 bits per heavy atom. The minimum atomic E-state index is -0.450. The lowest BCUT2D eigenvalue weighted by molar-refractivity contribution is -0.154. The van der Waals surface area contributed by atoms with E-state index < -0.39 is 11.9 Å². The van der Waals surface area contributed by atoms with Crippen molar-refractivity contribution in [2.45, 2.75) is 65.7 Å². The van der Waals surface area contributed by atoms with E-state index in [0.29, 0.717) is 17.0 Å². The van der Waals surface area contributed by atoms with Crippen molar-refractivity contribution in [3.8, 4) is 0 Å². The Kier molecular flexibility index (Phi) is 5.93. The number of nitrogens with one attached hydrogen (secondary N) is 1. The number of amides is 1. The zero-order chi connectivity index (χ0) is 21.5. The molecule has 4 fully saturated rings. The quantitative estimate of drug-likeness (QED) is 0.634. The van der Waals surface area contributed by atoms with E-state index in [2.05, 4.69) is 5.32 Å². The zero-order valence-corrected chi connectivity index (χ0v) is 18.9. The van der Waals surface area contributed by atoms with Crippen molar-refractivity contribution in [1.82, 2.24) is 0 Å². The largest absolute Gasteiger partial charge is 0.462 e. The Hall–Kier alpha value is -1.89. The van der Waals surface area contributed by atoms with Gasteiger partial charge in [0.25, 0.3) is 5.91 Å². The van der Waals surface area contributed by atoms with Crippen molar-refractivity contribution < 1.29 is 23.9 Å². The Labute approximate surface area is 181 Å². The van der Waals surface area contributed by atoms with E-state index in [1.54, 1.807) is 6.92 Å². The predicted octanol–water partition coefficient (Wildman–Crippen LogP) is 4.63. The fourth-order valence-corrected chi connectivity index (χ4v) is 7.40. The normalized spacial score (nSPS) is 29.0. The van der Waals surface area contributed by atoms with Gasteiger partial charge in [0.05, 0.1) is 18.6 Å². The molecule has 30 heavy (non-hydrogen) atoms. The van der Waals surface area contributed by atoms with Gasteiger partial charge in [-0.2, -0.15) is 0 Å². The molecule has 4 aliphatic carbocycles. The van der Waals surface area contributed by atoms with Gasteiger partial charge in [0.15, 0.2) is 6.61 Å². The van der Waals surface area contributed by atoms with Gasteiger partial charge in [-0.25, -0.2) is 4.79 Å². The second-order valence-electron chi connectivity index (χ2n) is 9.51. The smallest absolute Gasteiger partial charge is 0.341 e. The number of thiophene rings is 1. The molecule has 0 aromatic carbocycles. The third kappa shape index (κ3) is 4.27. The maximum absolute atomic E-state index is 12.5. The van der Waals surface area contributed by atoms with Gasteiger partial charge < -0.3 is 14.8 Å². The summed E-state index contributed by atoms with van der Waals surface area (Å²) in [5.74, 6) is 1.17. The average molecular weight is 434 g/mol. The van der Waals surface area contributed by atoms with Crippen LogP contribution in [0.25, 0.3) is 0 Å². The summed E-state index contributed by atoms with van der Waals surface area (Å²) in [5.41, 5.74) is 1.28. The van der Waals surface area contributed by atoms with Crippen molar-refractivity contribution in [1.29, 1.82) is 0 Å². The fraction of sp³-hybridized carbons (Fsp3) is 0.696. The molecule has 1 N–H and O–H groups in total. The minimum Gasteiger partial charge on any atom is -0.462 e. The molecule has 4 aliphatic rings. The molecule has 7 heteroatoms. The van der Waals surface area contributed by atoms with E-state index in [0.717, 1.165) is 47.5 Å². The molecular formula is C23H31NO5S. The topological polar surface area (TPSA) is 81.7 Å². The summed E-state index contributed by atoms with van der Waals surface area (Å²) in [6, 6.07) is 0. The number of aryl methyl sites for hydroxylation is 1. The number of hydrogen-bond acceptors (Lipinski definition) is 6. The summed E-state index contributed by atoms with van der Waals surface area (Å²) in [4.78, 5) is 38.1. The summed E-state index contributed by atoms with van der Waals surface area (Å²) in [5, 5.41) is 3.18. The number of rotatable bonds is 7. The van der Waals surface area contributed by atoms with Crippen molar-refractivity contribution in [3.05, 3.63) is 16.0 Å². The van der Waals surface area contributed by atoms with E-state index in [-0.39, 0.29) is 24.6 Å². The van der Waals surface area contributed by atoms with Gasteiger partial charge in [-0.05, 0) is 88.0 Å². The maximum Gasteiger partial charge on any atom is 0.341 e. The van der Waals surface area contributed by atoms with Crippen LogP contribution >= 0.6 is 11.3 Å².